The molecule has 0 spiro atoms. The van der Waals surface area contributed by atoms with Gasteiger partial charge in [-0.3, -0.25) is 0 Å². The van der Waals surface area contributed by atoms with Crippen LogP contribution >= 0.6 is 11.6 Å². The topological polar surface area (TPSA) is 26.0 Å². The molecule has 1 aliphatic carbocycles. The Kier molecular flexibility index (Phi) is 2.26. The van der Waals surface area contributed by atoms with Gasteiger partial charge in [-0.1, -0.05) is 11.6 Å². The summed E-state index contributed by atoms with van der Waals surface area (Å²) in [6.07, 6.45) is 1.04. The summed E-state index contributed by atoms with van der Waals surface area (Å²) in [6, 6.07) is 4.51. The van der Waals surface area contributed by atoms with Crippen LogP contribution in [-0.2, 0) is 0 Å². The smallest absolute Gasteiger partial charge is 0.123 e. The molecule has 2 rings (SSSR count). The highest BCUT2D eigenvalue weighted by atomic mass is 35.5. The van der Waals surface area contributed by atoms with Gasteiger partial charge in [0.25, 0.3) is 0 Å². The van der Waals surface area contributed by atoms with Crippen LogP contribution in [0.5, 0.6) is 0 Å². The summed E-state index contributed by atoms with van der Waals surface area (Å²) in [6.45, 7) is 0.664. The maximum absolute atomic E-state index is 12.9. The quantitative estimate of drug-likeness (QED) is 0.779. The largest absolute Gasteiger partial charge is 0.330 e. The van der Waals surface area contributed by atoms with E-state index >= 15 is 0 Å². The zero-order chi connectivity index (χ0) is 9.42. The summed E-state index contributed by atoms with van der Waals surface area (Å²) in [5, 5.41) is 0.655. The van der Waals surface area contributed by atoms with E-state index in [4.69, 9.17) is 17.3 Å². The summed E-state index contributed by atoms with van der Waals surface area (Å²) >= 11 is 5.95. The van der Waals surface area contributed by atoms with E-state index in [0.717, 1.165) is 12.0 Å². The minimum absolute atomic E-state index is 0.220. The Labute approximate surface area is 81.7 Å². The molecule has 0 unspecified atom stereocenters. The van der Waals surface area contributed by atoms with Gasteiger partial charge in [0.2, 0.25) is 0 Å². The molecule has 13 heavy (non-hydrogen) atoms. The molecule has 0 amide bonds. The molecule has 1 aromatic rings. The fraction of sp³-hybridized carbons (Fsp3) is 0.400. The van der Waals surface area contributed by atoms with Gasteiger partial charge in [-0.25, -0.2) is 4.39 Å². The molecule has 0 aliphatic heterocycles. The van der Waals surface area contributed by atoms with Gasteiger partial charge in [0.05, 0.1) is 0 Å². The first-order valence-electron chi connectivity index (χ1n) is 4.37. The highest BCUT2D eigenvalue weighted by Crippen LogP contribution is 2.48. The lowest BCUT2D eigenvalue weighted by Gasteiger charge is -2.02. The van der Waals surface area contributed by atoms with Gasteiger partial charge in [-0.2, -0.15) is 0 Å². The lowest BCUT2D eigenvalue weighted by molar-refractivity contribution is 0.624. The Bertz CT molecular complexity index is 327. The van der Waals surface area contributed by atoms with Crippen LogP contribution < -0.4 is 5.73 Å². The predicted molar refractivity (Wildman–Crippen MR) is 51.3 cm³/mol. The third-order valence-electron chi connectivity index (χ3n) is 2.58. The molecule has 70 valence electrons. The van der Waals surface area contributed by atoms with Crippen LogP contribution in [0.1, 0.15) is 17.9 Å². The average molecular weight is 200 g/mol. The summed E-state index contributed by atoms with van der Waals surface area (Å²) in [5.41, 5.74) is 6.43. The lowest BCUT2D eigenvalue weighted by Crippen LogP contribution is -2.02. The van der Waals surface area contributed by atoms with E-state index < -0.39 is 0 Å². The third kappa shape index (κ3) is 1.69. The van der Waals surface area contributed by atoms with Gasteiger partial charge in [0.15, 0.2) is 0 Å². The van der Waals surface area contributed by atoms with Gasteiger partial charge < -0.3 is 5.73 Å². The minimum atomic E-state index is -0.220. The fourth-order valence-corrected chi connectivity index (χ4v) is 1.95. The van der Waals surface area contributed by atoms with Gasteiger partial charge in [-0.05, 0) is 48.6 Å². The van der Waals surface area contributed by atoms with Crippen LogP contribution in [0.25, 0.3) is 0 Å². The van der Waals surface area contributed by atoms with Gasteiger partial charge in [-0.15, -0.1) is 0 Å². The Balaban J connectivity index is 2.25. The maximum Gasteiger partial charge on any atom is 0.123 e. The van der Waals surface area contributed by atoms with E-state index in [2.05, 4.69) is 0 Å². The zero-order valence-electron chi connectivity index (χ0n) is 7.13. The molecule has 1 saturated carbocycles. The highest BCUT2D eigenvalue weighted by Gasteiger charge is 2.38. The summed E-state index contributed by atoms with van der Waals surface area (Å²) in [5.74, 6) is 0.662. The first kappa shape index (κ1) is 8.97. The minimum Gasteiger partial charge on any atom is -0.330 e. The molecule has 2 atom stereocenters. The second kappa shape index (κ2) is 3.28. The molecule has 1 aromatic carbocycles. The number of rotatable bonds is 2. The van der Waals surface area contributed by atoms with Crippen molar-refractivity contribution < 1.29 is 4.39 Å². The SMILES string of the molecule is NC[C@@H]1C[C@H]1c1cc(F)ccc1Cl. The van der Waals surface area contributed by atoms with Crippen LogP contribution in [-0.4, -0.2) is 6.54 Å². The molecule has 1 fully saturated rings. The van der Waals surface area contributed by atoms with Crippen LogP contribution in [0.3, 0.4) is 0 Å². The van der Waals surface area contributed by atoms with Crippen molar-refractivity contribution in [2.75, 3.05) is 6.54 Å². The predicted octanol–water partition coefficient (Wildman–Crippen LogP) is 2.54. The lowest BCUT2D eigenvalue weighted by atomic mass is 10.1. The van der Waals surface area contributed by atoms with E-state index in [9.17, 15) is 4.39 Å². The van der Waals surface area contributed by atoms with Crippen molar-refractivity contribution in [3.05, 3.63) is 34.6 Å². The number of hydrogen-bond acceptors (Lipinski definition) is 1. The molecular formula is C10H11ClFN. The Morgan fingerprint density at radius 1 is 1.54 bits per heavy atom. The van der Waals surface area contributed by atoms with Crippen molar-refractivity contribution in [3.63, 3.8) is 0 Å². The Hall–Kier alpha value is -0.600. The van der Waals surface area contributed by atoms with Crippen LogP contribution in [0.2, 0.25) is 5.02 Å². The third-order valence-corrected chi connectivity index (χ3v) is 2.93. The molecule has 0 heterocycles. The highest BCUT2D eigenvalue weighted by molar-refractivity contribution is 6.31. The fourth-order valence-electron chi connectivity index (χ4n) is 1.69. The first-order chi connectivity index (χ1) is 6.22. The molecule has 0 saturated heterocycles. The van der Waals surface area contributed by atoms with Gasteiger partial charge >= 0.3 is 0 Å². The van der Waals surface area contributed by atoms with Crippen LogP contribution in [0.15, 0.2) is 18.2 Å². The van der Waals surface area contributed by atoms with Crippen molar-refractivity contribution in [2.45, 2.75) is 12.3 Å². The first-order valence-corrected chi connectivity index (χ1v) is 4.75. The van der Waals surface area contributed by atoms with Crippen LogP contribution in [0.4, 0.5) is 4.39 Å². The second-order valence-electron chi connectivity index (χ2n) is 3.50. The van der Waals surface area contributed by atoms with E-state index in [1.807, 2.05) is 0 Å². The molecule has 1 nitrogen and oxygen atoms in total. The summed E-state index contributed by atoms with van der Waals surface area (Å²) in [4.78, 5) is 0. The molecule has 0 aromatic heterocycles. The standard InChI is InChI=1S/C10H11ClFN/c11-10-2-1-7(12)4-9(10)8-3-6(8)5-13/h1-2,4,6,8H,3,5,13H2/t6-,8+/m0/s1. The molecule has 3 heteroatoms. The van der Waals surface area contributed by atoms with Gasteiger partial charge in [0, 0.05) is 5.02 Å². The second-order valence-corrected chi connectivity index (χ2v) is 3.91. The summed E-state index contributed by atoms with van der Waals surface area (Å²) in [7, 11) is 0. The van der Waals surface area contributed by atoms with Crippen LogP contribution in [0, 0.1) is 11.7 Å². The van der Waals surface area contributed by atoms with E-state index in [1.54, 1.807) is 6.07 Å². The van der Waals surface area contributed by atoms with Crippen molar-refractivity contribution in [2.24, 2.45) is 11.7 Å². The Morgan fingerprint density at radius 2 is 2.31 bits per heavy atom. The van der Waals surface area contributed by atoms with Crippen molar-refractivity contribution in [1.29, 1.82) is 0 Å². The molecular weight excluding hydrogens is 189 g/mol. The Morgan fingerprint density at radius 3 is 2.92 bits per heavy atom. The zero-order valence-corrected chi connectivity index (χ0v) is 7.89. The normalized spacial score (nSPS) is 26.1. The van der Waals surface area contributed by atoms with Gasteiger partial charge in [0.1, 0.15) is 5.82 Å². The number of nitrogens with two attached hydrogens (primary N) is 1. The molecule has 0 radical (unpaired) electrons. The summed E-state index contributed by atoms with van der Waals surface area (Å²) < 4.78 is 12.9. The number of halogens is 2. The van der Waals surface area contributed by atoms with E-state index in [1.165, 1.54) is 12.1 Å². The van der Waals surface area contributed by atoms with E-state index in [-0.39, 0.29) is 5.82 Å². The van der Waals surface area contributed by atoms with Crippen molar-refractivity contribution in [3.8, 4) is 0 Å². The van der Waals surface area contributed by atoms with Crippen molar-refractivity contribution >= 4 is 11.6 Å². The van der Waals surface area contributed by atoms with E-state index in [0.29, 0.717) is 23.4 Å². The molecule has 2 N–H and O–H groups in total. The average Bonchev–Trinajstić information content (AvgIpc) is 2.88. The van der Waals surface area contributed by atoms with Crippen molar-refractivity contribution in [1.82, 2.24) is 0 Å². The number of hydrogen-bond donors (Lipinski definition) is 1. The molecule has 0 bridgehead atoms. The maximum atomic E-state index is 12.9. The number of benzene rings is 1. The molecule has 1 aliphatic rings. The monoisotopic (exact) mass is 199 g/mol.